The zero-order valence-corrected chi connectivity index (χ0v) is 20.8. The lowest BCUT2D eigenvalue weighted by molar-refractivity contribution is -0.148. The van der Waals surface area contributed by atoms with Gasteiger partial charge in [0.2, 0.25) is 5.95 Å². The fourth-order valence-corrected chi connectivity index (χ4v) is 4.86. The summed E-state index contributed by atoms with van der Waals surface area (Å²) in [7, 11) is 1.39. The van der Waals surface area contributed by atoms with Gasteiger partial charge in [0.25, 0.3) is 0 Å². The third-order valence-electron chi connectivity index (χ3n) is 6.95. The molecule has 0 saturated heterocycles. The second-order valence-electron chi connectivity index (χ2n) is 9.63. The lowest BCUT2D eigenvalue weighted by Crippen LogP contribution is -2.36. The second-order valence-corrected chi connectivity index (χ2v) is 9.63. The number of benzene rings is 1. The number of alkyl halides is 3. The molecule has 10 heteroatoms. The maximum atomic E-state index is 13.0. The third-order valence-corrected chi connectivity index (χ3v) is 6.95. The zero-order valence-electron chi connectivity index (χ0n) is 20.8. The number of esters is 1. The molecule has 1 unspecified atom stereocenters. The Morgan fingerprint density at radius 1 is 1.03 bits per heavy atom. The molecule has 0 amide bonds. The van der Waals surface area contributed by atoms with Gasteiger partial charge in [0.1, 0.15) is 11.3 Å². The molecule has 2 N–H and O–H groups in total. The lowest BCUT2D eigenvalue weighted by Gasteiger charge is -2.37. The van der Waals surface area contributed by atoms with Crippen molar-refractivity contribution in [3.63, 3.8) is 0 Å². The second kappa shape index (κ2) is 10.5. The lowest BCUT2D eigenvalue weighted by atomic mass is 9.73. The van der Waals surface area contributed by atoms with Crippen LogP contribution in [0.25, 0.3) is 11.1 Å². The number of anilines is 2. The normalized spacial score (nSPS) is 19.6. The van der Waals surface area contributed by atoms with E-state index in [1.54, 1.807) is 31.3 Å². The van der Waals surface area contributed by atoms with Gasteiger partial charge in [0.15, 0.2) is 0 Å². The molecule has 0 radical (unpaired) electrons. The van der Waals surface area contributed by atoms with Gasteiger partial charge in [-0.3, -0.25) is 9.78 Å². The average Bonchev–Trinajstić information content (AvgIpc) is 2.87. The van der Waals surface area contributed by atoms with E-state index in [1.807, 2.05) is 19.1 Å². The van der Waals surface area contributed by atoms with Crippen molar-refractivity contribution in [1.82, 2.24) is 15.0 Å². The molecule has 2 heterocycles. The molecule has 1 saturated carbocycles. The summed E-state index contributed by atoms with van der Waals surface area (Å²) in [5.41, 5.74) is 1.36. The first-order valence-electron chi connectivity index (χ1n) is 12.0. The molecule has 37 heavy (non-hydrogen) atoms. The van der Waals surface area contributed by atoms with Crippen LogP contribution in [0.5, 0.6) is 0 Å². The molecule has 1 aromatic carbocycles. The van der Waals surface area contributed by atoms with Crippen LogP contribution in [-0.2, 0) is 21.3 Å². The third kappa shape index (κ3) is 6.07. The van der Waals surface area contributed by atoms with Crippen molar-refractivity contribution in [1.29, 1.82) is 0 Å². The SMILES string of the molecule is COC(=O)C1CCC(C(C)(O)c2ccc(-c3cc(C)cc(Nc4nccc(C(F)(F)F)n4)c3)cn2)CC1. The Labute approximate surface area is 213 Å². The van der Waals surface area contributed by atoms with Crippen molar-refractivity contribution < 1.29 is 27.8 Å². The zero-order chi connectivity index (χ0) is 26.8. The van der Waals surface area contributed by atoms with Gasteiger partial charge >= 0.3 is 12.1 Å². The van der Waals surface area contributed by atoms with Crippen molar-refractivity contribution in [2.75, 3.05) is 12.4 Å². The minimum atomic E-state index is -4.56. The highest BCUT2D eigenvalue weighted by atomic mass is 19.4. The molecule has 7 nitrogen and oxygen atoms in total. The van der Waals surface area contributed by atoms with Crippen molar-refractivity contribution in [3.05, 3.63) is 65.7 Å². The van der Waals surface area contributed by atoms with Gasteiger partial charge < -0.3 is 15.2 Å². The summed E-state index contributed by atoms with van der Waals surface area (Å²) < 4.78 is 43.8. The predicted octanol–water partition coefficient (Wildman–Crippen LogP) is 5.80. The monoisotopic (exact) mass is 514 g/mol. The molecule has 196 valence electrons. The quantitative estimate of drug-likeness (QED) is 0.402. The minimum absolute atomic E-state index is 0.0333. The number of aromatic nitrogens is 3. The van der Waals surface area contributed by atoms with Crippen LogP contribution < -0.4 is 5.32 Å². The fourth-order valence-electron chi connectivity index (χ4n) is 4.86. The first-order valence-corrected chi connectivity index (χ1v) is 12.0. The van der Waals surface area contributed by atoms with Gasteiger partial charge in [-0.15, -0.1) is 0 Å². The van der Waals surface area contributed by atoms with Gasteiger partial charge in [-0.05, 0) is 80.8 Å². The predicted molar refractivity (Wildman–Crippen MR) is 132 cm³/mol. The average molecular weight is 515 g/mol. The number of hydrogen-bond donors (Lipinski definition) is 2. The largest absolute Gasteiger partial charge is 0.469 e. The van der Waals surface area contributed by atoms with Crippen LogP contribution in [0.15, 0.2) is 48.8 Å². The molecule has 0 aliphatic heterocycles. The molecule has 1 fully saturated rings. The summed E-state index contributed by atoms with van der Waals surface area (Å²) in [5.74, 6) is -0.517. The fraction of sp³-hybridized carbons (Fsp3) is 0.407. The van der Waals surface area contributed by atoms with E-state index in [0.29, 0.717) is 37.1 Å². The number of nitrogens with one attached hydrogen (secondary N) is 1. The molecular formula is C27H29F3N4O3. The van der Waals surface area contributed by atoms with Crippen LogP contribution in [0.4, 0.5) is 24.8 Å². The number of ether oxygens (including phenoxy) is 1. The summed E-state index contributed by atoms with van der Waals surface area (Å²) in [6.45, 7) is 3.63. The Morgan fingerprint density at radius 2 is 1.76 bits per heavy atom. The number of pyridine rings is 1. The molecule has 1 aliphatic rings. The molecule has 0 bridgehead atoms. The van der Waals surface area contributed by atoms with Gasteiger partial charge in [0, 0.05) is 23.6 Å². The number of nitrogens with zero attached hydrogens (tertiary/aromatic N) is 3. The molecule has 3 aromatic rings. The van der Waals surface area contributed by atoms with Crippen molar-refractivity contribution >= 4 is 17.6 Å². The summed E-state index contributed by atoms with van der Waals surface area (Å²) in [4.78, 5) is 23.8. The molecule has 1 atom stereocenters. The number of methoxy groups -OCH3 is 1. The van der Waals surface area contributed by atoms with E-state index >= 15 is 0 Å². The smallest absolute Gasteiger partial charge is 0.433 e. The topological polar surface area (TPSA) is 97.2 Å². The van der Waals surface area contributed by atoms with Gasteiger partial charge in [-0.2, -0.15) is 13.2 Å². The number of carbonyl (C=O) groups is 1. The van der Waals surface area contributed by atoms with E-state index in [0.717, 1.165) is 29.0 Å². The molecule has 4 rings (SSSR count). The number of aryl methyl sites for hydroxylation is 1. The van der Waals surface area contributed by atoms with Crippen LogP contribution >= 0.6 is 0 Å². The molecular weight excluding hydrogens is 485 g/mol. The minimum Gasteiger partial charge on any atom is -0.469 e. The van der Waals surface area contributed by atoms with E-state index in [2.05, 4.69) is 20.3 Å². The van der Waals surface area contributed by atoms with Crippen molar-refractivity contribution in [2.24, 2.45) is 11.8 Å². The molecule has 1 aliphatic carbocycles. The highest BCUT2D eigenvalue weighted by Crippen LogP contribution is 2.41. The summed E-state index contributed by atoms with van der Waals surface area (Å²) in [6.07, 6.45) is 0.892. The molecule has 2 aromatic heterocycles. The first kappa shape index (κ1) is 26.5. The van der Waals surface area contributed by atoms with Crippen molar-refractivity contribution in [2.45, 2.75) is 51.3 Å². The maximum absolute atomic E-state index is 13.0. The Bertz CT molecular complexity index is 1250. The van der Waals surface area contributed by atoms with E-state index in [9.17, 15) is 23.1 Å². The molecule has 0 spiro atoms. The van der Waals surface area contributed by atoms with Crippen LogP contribution in [-0.4, -0.2) is 33.1 Å². The number of carbonyl (C=O) groups excluding carboxylic acids is 1. The van der Waals surface area contributed by atoms with Crippen LogP contribution in [0.1, 0.15) is 49.6 Å². The van der Waals surface area contributed by atoms with Crippen molar-refractivity contribution in [3.8, 4) is 11.1 Å². The van der Waals surface area contributed by atoms with E-state index in [1.165, 1.54) is 7.11 Å². The van der Waals surface area contributed by atoms with Gasteiger partial charge in [0.05, 0.1) is 18.7 Å². The first-order chi connectivity index (χ1) is 17.5. The Hall–Kier alpha value is -3.53. The highest BCUT2D eigenvalue weighted by Gasteiger charge is 2.39. The van der Waals surface area contributed by atoms with E-state index in [-0.39, 0.29) is 23.8 Å². The van der Waals surface area contributed by atoms with Crippen LogP contribution in [0, 0.1) is 18.8 Å². The highest BCUT2D eigenvalue weighted by molar-refractivity contribution is 5.72. The van der Waals surface area contributed by atoms with E-state index < -0.39 is 17.5 Å². The summed E-state index contributed by atoms with van der Waals surface area (Å²) in [6, 6.07) is 9.95. The summed E-state index contributed by atoms with van der Waals surface area (Å²) >= 11 is 0. The van der Waals surface area contributed by atoms with Gasteiger partial charge in [-0.1, -0.05) is 12.1 Å². The maximum Gasteiger partial charge on any atom is 0.433 e. The van der Waals surface area contributed by atoms with Crippen LogP contribution in [0.3, 0.4) is 0 Å². The number of aliphatic hydroxyl groups is 1. The Morgan fingerprint density at radius 3 is 2.38 bits per heavy atom. The standard InChI is InChI=1S/C27H29F3N4O3/c1-16-12-19(14-21(13-16)33-25-31-11-10-23(34-25)27(28,29)30)18-6-9-22(32-15-18)26(2,36)20-7-4-17(5-8-20)24(35)37-3/h6,9-15,17,20,36H,4-5,7-8H2,1-3H3,(H,31,33,34). The number of hydrogen-bond acceptors (Lipinski definition) is 7. The number of halogens is 3. The number of rotatable bonds is 6. The van der Waals surface area contributed by atoms with E-state index in [4.69, 9.17) is 4.74 Å². The Kier molecular flexibility index (Phi) is 7.49. The van der Waals surface area contributed by atoms with Crippen LogP contribution in [0.2, 0.25) is 0 Å². The summed E-state index contributed by atoms with van der Waals surface area (Å²) in [5, 5.41) is 14.1. The van der Waals surface area contributed by atoms with Gasteiger partial charge in [-0.25, -0.2) is 9.97 Å². The Balaban J connectivity index is 1.50.